The van der Waals surface area contributed by atoms with Gasteiger partial charge in [-0.25, -0.2) is 10.2 Å². The summed E-state index contributed by atoms with van der Waals surface area (Å²) in [6, 6.07) is 22.7. The minimum atomic E-state index is -0.579. The zero-order valence-corrected chi connectivity index (χ0v) is 20.7. The predicted octanol–water partition coefficient (Wildman–Crippen LogP) is 5.24. The van der Waals surface area contributed by atoms with E-state index >= 15 is 0 Å². The number of esters is 1. The van der Waals surface area contributed by atoms with Gasteiger partial charge in [-0.15, -0.1) is 0 Å². The van der Waals surface area contributed by atoms with Crippen molar-refractivity contribution >= 4 is 28.9 Å². The first-order chi connectivity index (χ1) is 18.0. The fourth-order valence-electron chi connectivity index (χ4n) is 3.71. The summed E-state index contributed by atoms with van der Waals surface area (Å²) in [5, 5.41) is 5.86. The molecule has 0 atom stereocenters. The van der Waals surface area contributed by atoms with Crippen molar-refractivity contribution in [2.24, 2.45) is 5.10 Å². The maximum Gasteiger partial charge on any atom is 0.343 e. The average molecular weight is 499 g/mol. The molecular formula is C29H26N2O6. The minimum Gasteiger partial charge on any atom is -0.494 e. The third-order valence-corrected chi connectivity index (χ3v) is 5.54. The van der Waals surface area contributed by atoms with Crippen molar-refractivity contribution in [3.05, 3.63) is 95.6 Å². The van der Waals surface area contributed by atoms with Gasteiger partial charge in [0.15, 0.2) is 11.5 Å². The van der Waals surface area contributed by atoms with E-state index < -0.39 is 5.97 Å². The summed E-state index contributed by atoms with van der Waals surface area (Å²) in [6.07, 6.45) is 1.46. The molecule has 1 N–H and O–H groups in total. The number of carbonyl (C=O) groups excluding carboxylic acids is 2. The van der Waals surface area contributed by atoms with Crippen molar-refractivity contribution in [2.75, 3.05) is 20.8 Å². The molecule has 0 heterocycles. The molecule has 0 aliphatic heterocycles. The molecule has 0 aliphatic rings. The molecule has 0 aliphatic carbocycles. The van der Waals surface area contributed by atoms with Crippen LogP contribution in [0, 0.1) is 0 Å². The van der Waals surface area contributed by atoms with E-state index in [0.717, 1.165) is 10.8 Å². The number of hydrogen-bond donors (Lipinski definition) is 1. The van der Waals surface area contributed by atoms with E-state index in [1.165, 1.54) is 20.4 Å². The topological polar surface area (TPSA) is 95.5 Å². The Labute approximate surface area is 214 Å². The molecule has 188 valence electrons. The summed E-state index contributed by atoms with van der Waals surface area (Å²) in [5.74, 6) is 0.916. The van der Waals surface area contributed by atoms with Crippen LogP contribution >= 0.6 is 0 Å². The Morgan fingerprint density at radius 3 is 2.27 bits per heavy atom. The van der Waals surface area contributed by atoms with Crippen molar-refractivity contribution in [2.45, 2.75) is 6.92 Å². The van der Waals surface area contributed by atoms with Gasteiger partial charge in [0, 0.05) is 11.1 Å². The van der Waals surface area contributed by atoms with Crippen LogP contribution in [-0.4, -0.2) is 38.9 Å². The number of nitrogens with zero attached hydrogens (tertiary/aromatic N) is 1. The number of nitrogens with one attached hydrogen (secondary N) is 1. The van der Waals surface area contributed by atoms with E-state index in [-0.39, 0.29) is 17.2 Å². The van der Waals surface area contributed by atoms with Gasteiger partial charge in [0.2, 0.25) is 0 Å². The van der Waals surface area contributed by atoms with E-state index in [0.29, 0.717) is 35.0 Å². The highest BCUT2D eigenvalue weighted by atomic mass is 16.5. The first-order valence-corrected chi connectivity index (χ1v) is 11.6. The smallest absolute Gasteiger partial charge is 0.343 e. The first-order valence-electron chi connectivity index (χ1n) is 11.6. The summed E-state index contributed by atoms with van der Waals surface area (Å²) in [7, 11) is 3.01. The average Bonchev–Trinajstić information content (AvgIpc) is 2.94. The van der Waals surface area contributed by atoms with Crippen molar-refractivity contribution in [1.29, 1.82) is 0 Å². The molecule has 37 heavy (non-hydrogen) atoms. The summed E-state index contributed by atoms with van der Waals surface area (Å²) >= 11 is 0. The monoisotopic (exact) mass is 498 g/mol. The second-order valence-electron chi connectivity index (χ2n) is 7.81. The van der Waals surface area contributed by atoms with Crippen molar-refractivity contribution in [3.8, 4) is 23.0 Å². The summed E-state index contributed by atoms with van der Waals surface area (Å²) < 4.78 is 21.7. The highest BCUT2D eigenvalue weighted by Crippen LogP contribution is 2.30. The summed E-state index contributed by atoms with van der Waals surface area (Å²) in [4.78, 5) is 25.5. The van der Waals surface area contributed by atoms with Gasteiger partial charge in [-0.3, -0.25) is 4.79 Å². The lowest BCUT2D eigenvalue weighted by Crippen LogP contribution is -2.17. The molecule has 4 rings (SSSR count). The largest absolute Gasteiger partial charge is 0.494 e. The molecule has 8 nitrogen and oxygen atoms in total. The molecular weight excluding hydrogens is 472 g/mol. The maximum atomic E-state index is 13.0. The van der Waals surface area contributed by atoms with Gasteiger partial charge in [0.25, 0.3) is 5.91 Å². The van der Waals surface area contributed by atoms with Crippen molar-refractivity contribution in [1.82, 2.24) is 5.43 Å². The zero-order chi connectivity index (χ0) is 26.2. The Bertz CT molecular complexity index is 1450. The Morgan fingerprint density at radius 1 is 0.838 bits per heavy atom. The van der Waals surface area contributed by atoms with Crippen LogP contribution in [-0.2, 0) is 0 Å². The van der Waals surface area contributed by atoms with E-state index in [1.807, 2.05) is 37.3 Å². The number of amides is 1. The van der Waals surface area contributed by atoms with E-state index in [4.69, 9.17) is 18.9 Å². The van der Waals surface area contributed by atoms with Gasteiger partial charge in [0.1, 0.15) is 11.5 Å². The standard InChI is InChI=1S/C29H26N2O6/c1-4-36-22-13-9-20(10-14-22)28(32)31-30-18-24-23-8-6-5-7-19(23)11-15-25(24)37-29(33)21-12-16-26(34-2)27(17-21)35-3/h5-18H,4H2,1-3H3,(H,31,32). The third-order valence-electron chi connectivity index (χ3n) is 5.54. The van der Waals surface area contributed by atoms with Gasteiger partial charge in [-0.1, -0.05) is 30.3 Å². The lowest BCUT2D eigenvalue weighted by molar-refractivity contribution is 0.0734. The lowest BCUT2D eigenvalue weighted by Gasteiger charge is -2.12. The van der Waals surface area contributed by atoms with Crippen LogP contribution in [0.5, 0.6) is 23.0 Å². The molecule has 1 amide bonds. The maximum absolute atomic E-state index is 13.0. The van der Waals surface area contributed by atoms with E-state index in [2.05, 4.69) is 10.5 Å². The highest BCUT2D eigenvalue weighted by molar-refractivity contribution is 6.04. The molecule has 4 aromatic carbocycles. The number of rotatable bonds is 9. The first kappa shape index (κ1) is 25.2. The lowest BCUT2D eigenvalue weighted by atomic mass is 10.0. The van der Waals surface area contributed by atoms with Crippen LogP contribution < -0.4 is 24.4 Å². The van der Waals surface area contributed by atoms with Crippen molar-refractivity contribution < 1.29 is 28.5 Å². The molecule has 0 bridgehead atoms. The summed E-state index contributed by atoms with van der Waals surface area (Å²) in [5.41, 5.74) is 3.78. The molecule has 0 spiro atoms. The van der Waals surface area contributed by atoms with Crippen LogP contribution in [0.25, 0.3) is 10.8 Å². The van der Waals surface area contributed by atoms with E-state index in [9.17, 15) is 9.59 Å². The van der Waals surface area contributed by atoms with Crippen LogP contribution in [0.3, 0.4) is 0 Å². The van der Waals surface area contributed by atoms with Crippen LogP contribution in [0.4, 0.5) is 0 Å². The van der Waals surface area contributed by atoms with Gasteiger partial charge in [-0.2, -0.15) is 5.10 Å². The molecule has 0 saturated carbocycles. The predicted molar refractivity (Wildman–Crippen MR) is 141 cm³/mol. The number of benzene rings is 4. The molecule has 0 aromatic heterocycles. The fourth-order valence-corrected chi connectivity index (χ4v) is 3.71. The number of ether oxygens (including phenoxy) is 4. The number of hydrogen-bond acceptors (Lipinski definition) is 7. The van der Waals surface area contributed by atoms with Gasteiger partial charge < -0.3 is 18.9 Å². The van der Waals surface area contributed by atoms with Gasteiger partial charge >= 0.3 is 5.97 Å². The van der Waals surface area contributed by atoms with E-state index in [1.54, 1.807) is 48.5 Å². The zero-order valence-electron chi connectivity index (χ0n) is 20.7. The SMILES string of the molecule is CCOc1ccc(C(=O)NN=Cc2c(OC(=O)c3ccc(OC)c(OC)c3)ccc3ccccc23)cc1. The second kappa shape index (κ2) is 11.7. The minimum absolute atomic E-state index is 0.289. The van der Waals surface area contributed by atoms with Crippen molar-refractivity contribution in [3.63, 3.8) is 0 Å². The molecule has 0 radical (unpaired) electrons. The quantitative estimate of drug-likeness (QED) is 0.147. The number of methoxy groups -OCH3 is 2. The molecule has 4 aromatic rings. The molecule has 0 fully saturated rings. The van der Waals surface area contributed by atoms with Gasteiger partial charge in [-0.05, 0) is 66.2 Å². The number of carbonyl (C=O) groups is 2. The third kappa shape index (κ3) is 5.87. The Morgan fingerprint density at radius 2 is 1.54 bits per heavy atom. The number of hydrazone groups is 1. The Kier molecular flexibility index (Phi) is 8.00. The van der Waals surface area contributed by atoms with Gasteiger partial charge in [0.05, 0.1) is 32.6 Å². The van der Waals surface area contributed by atoms with Crippen LogP contribution in [0.15, 0.2) is 84.0 Å². The number of fused-ring (bicyclic) bond motifs is 1. The summed E-state index contributed by atoms with van der Waals surface area (Å²) in [6.45, 7) is 2.43. The Balaban J connectivity index is 1.58. The normalized spacial score (nSPS) is 10.8. The Hall–Kier alpha value is -4.85. The highest BCUT2D eigenvalue weighted by Gasteiger charge is 2.16. The molecule has 0 unspecified atom stereocenters. The second-order valence-corrected chi connectivity index (χ2v) is 7.81. The fraction of sp³-hybridized carbons (Fsp3) is 0.138. The molecule has 8 heteroatoms. The molecule has 0 saturated heterocycles. The van der Waals surface area contributed by atoms with Crippen LogP contribution in [0.2, 0.25) is 0 Å². The van der Waals surface area contributed by atoms with Crippen LogP contribution in [0.1, 0.15) is 33.2 Å².